The summed E-state index contributed by atoms with van der Waals surface area (Å²) in [5.74, 6) is -0.696. The third-order valence-electron chi connectivity index (χ3n) is 4.17. The standard InChI is InChI=1S/C22H20O7S.Na.H/c23-21(22(24)30(25,26)27)18-11-19(28-14-16-7-3-1-4-8-16)13-20(12-18)29-15-17-9-5-2-6-10-17;;/h1-13,22,24H,14-15H2,(H,25,26,27);;/q;+1;-1. The molecule has 3 rings (SSSR count). The molecular formula is C22H21NaO7S. The zero-order chi connectivity index (χ0) is 21.6. The van der Waals surface area contributed by atoms with Crippen LogP contribution in [0.5, 0.6) is 11.5 Å². The molecule has 0 saturated heterocycles. The summed E-state index contributed by atoms with van der Waals surface area (Å²) in [4.78, 5) is 12.3. The van der Waals surface area contributed by atoms with Crippen LogP contribution in [0.15, 0.2) is 78.9 Å². The van der Waals surface area contributed by atoms with Gasteiger partial charge in [-0.25, -0.2) is 0 Å². The van der Waals surface area contributed by atoms with Crippen LogP contribution in [0, 0.1) is 0 Å². The van der Waals surface area contributed by atoms with Gasteiger partial charge in [-0.2, -0.15) is 8.42 Å². The Morgan fingerprint density at radius 2 is 1.26 bits per heavy atom. The summed E-state index contributed by atoms with van der Waals surface area (Å²) in [5.41, 5.74) is -0.990. The topological polar surface area (TPSA) is 110 Å². The van der Waals surface area contributed by atoms with Crippen LogP contribution < -0.4 is 39.0 Å². The first-order chi connectivity index (χ1) is 14.3. The van der Waals surface area contributed by atoms with Gasteiger partial charge in [0.1, 0.15) is 24.7 Å². The zero-order valence-corrected chi connectivity index (χ0v) is 19.7. The van der Waals surface area contributed by atoms with Crippen LogP contribution >= 0.6 is 0 Å². The second-order valence-electron chi connectivity index (χ2n) is 6.47. The number of aliphatic hydroxyl groups excluding tert-OH is 1. The molecule has 0 saturated carbocycles. The van der Waals surface area contributed by atoms with E-state index >= 15 is 0 Å². The Balaban J connectivity index is 0.00000256. The molecule has 1 atom stereocenters. The van der Waals surface area contributed by atoms with Gasteiger partial charge in [0, 0.05) is 11.6 Å². The van der Waals surface area contributed by atoms with Crippen molar-refractivity contribution < 1.29 is 63.3 Å². The molecule has 0 radical (unpaired) electrons. The monoisotopic (exact) mass is 452 g/mol. The number of ether oxygens (including phenoxy) is 2. The third-order valence-corrected chi connectivity index (χ3v) is 4.95. The molecular weight excluding hydrogens is 431 g/mol. The van der Waals surface area contributed by atoms with Gasteiger partial charge in [-0.3, -0.25) is 9.35 Å². The first-order valence-corrected chi connectivity index (χ1v) is 10.5. The number of rotatable bonds is 9. The average Bonchev–Trinajstić information content (AvgIpc) is 2.76. The van der Waals surface area contributed by atoms with Crippen LogP contribution in [0.2, 0.25) is 0 Å². The van der Waals surface area contributed by atoms with Gasteiger partial charge in [0.25, 0.3) is 10.1 Å². The van der Waals surface area contributed by atoms with Crippen LogP contribution in [-0.2, 0) is 23.3 Å². The molecule has 0 aliphatic carbocycles. The van der Waals surface area contributed by atoms with Crippen LogP contribution in [0.1, 0.15) is 22.9 Å². The Bertz CT molecular complexity index is 1050. The molecule has 2 N–H and O–H groups in total. The van der Waals surface area contributed by atoms with Crippen LogP contribution in [0.25, 0.3) is 0 Å². The SMILES string of the molecule is O=C(c1cc(OCc2ccccc2)cc(OCc2ccccc2)c1)C(O)S(=O)(=O)O.[H-].[Na+]. The maximum absolute atomic E-state index is 12.3. The molecule has 0 aromatic heterocycles. The van der Waals surface area contributed by atoms with Gasteiger partial charge in [0.05, 0.1) is 0 Å². The predicted octanol–water partition coefficient (Wildman–Crippen LogP) is 0.350. The molecule has 1 unspecified atom stereocenters. The smallest absolute Gasteiger partial charge is 1.00 e. The van der Waals surface area contributed by atoms with E-state index in [9.17, 15) is 18.3 Å². The molecule has 158 valence electrons. The summed E-state index contributed by atoms with van der Waals surface area (Å²) in [6, 6.07) is 22.8. The van der Waals surface area contributed by atoms with Crippen molar-refractivity contribution in [2.24, 2.45) is 0 Å². The van der Waals surface area contributed by atoms with E-state index in [2.05, 4.69) is 0 Å². The van der Waals surface area contributed by atoms with E-state index in [4.69, 9.17) is 14.0 Å². The molecule has 7 nitrogen and oxygen atoms in total. The Kier molecular flexibility index (Phi) is 9.24. The molecule has 3 aromatic carbocycles. The molecule has 31 heavy (non-hydrogen) atoms. The van der Waals surface area contributed by atoms with Gasteiger partial charge < -0.3 is 16.0 Å². The van der Waals surface area contributed by atoms with Gasteiger partial charge in [0.2, 0.25) is 11.2 Å². The normalized spacial score (nSPS) is 11.8. The van der Waals surface area contributed by atoms with E-state index in [1.807, 2.05) is 60.7 Å². The fourth-order valence-electron chi connectivity index (χ4n) is 2.64. The first-order valence-electron chi connectivity index (χ1n) is 9.00. The first kappa shape index (κ1) is 25.1. The van der Waals surface area contributed by atoms with Gasteiger partial charge in [-0.05, 0) is 23.3 Å². The Hall–Kier alpha value is -2.20. The molecule has 0 spiro atoms. The summed E-state index contributed by atoms with van der Waals surface area (Å²) in [6.45, 7) is 0.412. The summed E-state index contributed by atoms with van der Waals surface area (Å²) in [5, 5.41) is 9.64. The fraction of sp³-hybridized carbons (Fsp3) is 0.136. The van der Waals surface area contributed by atoms with Crippen molar-refractivity contribution in [3.05, 3.63) is 95.6 Å². The third kappa shape index (κ3) is 7.46. The summed E-state index contributed by atoms with van der Waals surface area (Å²) in [6.07, 6.45) is 0. The number of carbonyl (C=O) groups is 1. The summed E-state index contributed by atoms with van der Waals surface area (Å²) < 4.78 is 42.7. The summed E-state index contributed by atoms with van der Waals surface area (Å²) in [7, 11) is -4.96. The fourth-order valence-corrected chi connectivity index (χ4v) is 3.05. The van der Waals surface area contributed by atoms with Gasteiger partial charge >= 0.3 is 29.6 Å². The van der Waals surface area contributed by atoms with Crippen molar-refractivity contribution in [3.63, 3.8) is 0 Å². The number of benzene rings is 3. The Labute approximate surface area is 204 Å². The maximum Gasteiger partial charge on any atom is 1.00 e. The van der Waals surface area contributed by atoms with Crippen LogP contribution in [0.3, 0.4) is 0 Å². The molecule has 0 fully saturated rings. The Morgan fingerprint density at radius 3 is 1.65 bits per heavy atom. The summed E-state index contributed by atoms with van der Waals surface area (Å²) >= 11 is 0. The molecule has 0 amide bonds. The van der Waals surface area contributed by atoms with E-state index in [1.54, 1.807) is 6.07 Å². The van der Waals surface area contributed by atoms with Crippen molar-refractivity contribution in [2.45, 2.75) is 18.6 Å². The van der Waals surface area contributed by atoms with Crippen molar-refractivity contribution in [1.82, 2.24) is 0 Å². The van der Waals surface area contributed by atoms with E-state index in [0.29, 0.717) is 0 Å². The number of ketones is 1. The molecule has 0 heterocycles. The molecule has 0 aliphatic heterocycles. The number of carbonyl (C=O) groups excluding carboxylic acids is 1. The van der Waals surface area contributed by atoms with Crippen LogP contribution in [-0.4, -0.2) is 29.3 Å². The quantitative estimate of drug-likeness (QED) is 0.274. The number of hydrogen-bond donors (Lipinski definition) is 2. The average molecular weight is 452 g/mol. The number of aliphatic hydroxyl groups is 1. The predicted molar refractivity (Wildman–Crippen MR) is 111 cm³/mol. The maximum atomic E-state index is 12.3. The van der Waals surface area contributed by atoms with E-state index in [1.165, 1.54) is 12.1 Å². The zero-order valence-electron chi connectivity index (χ0n) is 17.8. The Morgan fingerprint density at radius 1 is 0.839 bits per heavy atom. The van der Waals surface area contributed by atoms with E-state index in [-0.39, 0.29) is 61.3 Å². The minimum absolute atomic E-state index is 0. The van der Waals surface area contributed by atoms with E-state index < -0.39 is 21.3 Å². The van der Waals surface area contributed by atoms with Crippen molar-refractivity contribution in [1.29, 1.82) is 0 Å². The molecule has 0 aliphatic rings. The largest absolute Gasteiger partial charge is 1.00 e. The second-order valence-corrected chi connectivity index (χ2v) is 7.95. The number of hydrogen-bond acceptors (Lipinski definition) is 6. The van der Waals surface area contributed by atoms with Crippen molar-refractivity contribution in [2.75, 3.05) is 0 Å². The van der Waals surface area contributed by atoms with Gasteiger partial charge in [0.15, 0.2) is 0 Å². The molecule has 9 heteroatoms. The van der Waals surface area contributed by atoms with Crippen LogP contribution in [0.4, 0.5) is 0 Å². The molecule has 3 aromatic rings. The second kappa shape index (κ2) is 11.4. The minimum atomic E-state index is -4.96. The molecule has 0 bridgehead atoms. The van der Waals surface area contributed by atoms with Crippen molar-refractivity contribution in [3.8, 4) is 11.5 Å². The van der Waals surface area contributed by atoms with Gasteiger partial charge in [-0.1, -0.05) is 60.7 Å². The van der Waals surface area contributed by atoms with E-state index in [0.717, 1.165) is 11.1 Å². The minimum Gasteiger partial charge on any atom is -1.00 e. The number of Topliss-reactive ketones (excluding diaryl/α,β-unsaturated/α-hetero) is 1. The van der Waals surface area contributed by atoms with Crippen molar-refractivity contribution >= 4 is 15.9 Å². The van der Waals surface area contributed by atoms with Gasteiger partial charge in [-0.15, -0.1) is 0 Å².